The predicted molar refractivity (Wildman–Crippen MR) is 61.4 cm³/mol. The highest BCUT2D eigenvalue weighted by Crippen LogP contribution is 2.09. The van der Waals surface area contributed by atoms with Gasteiger partial charge in [-0.15, -0.1) is 12.3 Å². The van der Waals surface area contributed by atoms with Crippen LogP contribution in [-0.4, -0.2) is 37.0 Å². The summed E-state index contributed by atoms with van der Waals surface area (Å²) >= 11 is 0. The van der Waals surface area contributed by atoms with Crippen LogP contribution in [0.2, 0.25) is 0 Å². The van der Waals surface area contributed by atoms with E-state index in [0.29, 0.717) is 6.42 Å². The van der Waals surface area contributed by atoms with Crippen LogP contribution >= 0.6 is 0 Å². The Balaban J connectivity index is 2.05. The molecule has 0 aromatic carbocycles. The molecule has 0 unspecified atom stereocenters. The molecule has 0 aromatic rings. The van der Waals surface area contributed by atoms with Gasteiger partial charge in [0.2, 0.25) is 5.91 Å². The Morgan fingerprint density at radius 3 is 2.67 bits per heavy atom. The predicted octanol–water partition coefficient (Wildman–Crippen LogP) is 1.00. The van der Waals surface area contributed by atoms with Crippen molar-refractivity contribution in [2.45, 2.75) is 32.1 Å². The summed E-state index contributed by atoms with van der Waals surface area (Å²) in [6.07, 6.45) is 10.1. The van der Waals surface area contributed by atoms with E-state index in [0.717, 1.165) is 45.4 Å². The zero-order valence-electron chi connectivity index (χ0n) is 9.30. The second-order valence-electron chi connectivity index (χ2n) is 3.90. The Morgan fingerprint density at radius 1 is 1.27 bits per heavy atom. The average molecular weight is 208 g/mol. The topological polar surface area (TPSA) is 32.3 Å². The fourth-order valence-corrected chi connectivity index (χ4v) is 1.78. The average Bonchev–Trinajstić information content (AvgIpc) is 2.30. The first-order valence-electron chi connectivity index (χ1n) is 5.76. The Hall–Kier alpha value is -1.01. The molecule has 1 N–H and O–H groups in total. The highest BCUT2D eigenvalue weighted by Gasteiger charge is 2.15. The Bertz CT molecular complexity index is 226. The van der Waals surface area contributed by atoms with Crippen molar-refractivity contribution in [2.75, 3.05) is 26.2 Å². The van der Waals surface area contributed by atoms with E-state index >= 15 is 0 Å². The van der Waals surface area contributed by atoms with Gasteiger partial charge in [-0.05, 0) is 19.3 Å². The summed E-state index contributed by atoms with van der Waals surface area (Å²) < 4.78 is 0. The number of hydrogen-bond acceptors (Lipinski definition) is 2. The van der Waals surface area contributed by atoms with Gasteiger partial charge in [0.05, 0.1) is 0 Å². The molecule has 1 saturated heterocycles. The second-order valence-corrected chi connectivity index (χ2v) is 3.90. The molecule has 0 aromatic heterocycles. The van der Waals surface area contributed by atoms with E-state index in [9.17, 15) is 4.79 Å². The molecule has 0 saturated carbocycles. The van der Waals surface area contributed by atoms with Crippen molar-refractivity contribution in [3.05, 3.63) is 0 Å². The highest BCUT2D eigenvalue weighted by molar-refractivity contribution is 5.76. The second kappa shape index (κ2) is 7.30. The molecule has 0 radical (unpaired) electrons. The minimum absolute atomic E-state index is 0.280. The Morgan fingerprint density at radius 2 is 2.00 bits per heavy atom. The van der Waals surface area contributed by atoms with Gasteiger partial charge in [-0.2, -0.15) is 0 Å². The third-order valence-corrected chi connectivity index (χ3v) is 2.67. The van der Waals surface area contributed by atoms with Crippen molar-refractivity contribution < 1.29 is 4.79 Å². The number of terminal acetylenes is 1. The van der Waals surface area contributed by atoms with E-state index in [-0.39, 0.29) is 5.91 Å². The number of piperidine rings is 1. The maximum Gasteiger partial charge on any atom is 0.223 e. The van der Waals surface area contributed by atoms with Gasteiger partial charge in [0.1, 0.15) is 0 Å². The van der Waals surface area contributed by atoms with Gasteiger partial charge >= 0.3 is 0 Å². The van der Waals surface area contributed by atoms with Gasteiger partial charge < -0.3 is 10.2 Å². The lowest BCUT2D eigenvalue weighted by molar-refractivity contribution is -0.131. The molecular weight excluding hydrogens is 188 g/mol. The number of amides is 1. The monoisotopic (exact) mass is 208 g/mol. The van der Waals surface area contributed by atoms with Crippen LogP contribution in [0.3, 0.4) is 0 Å². The number of carbonyl (C=O) groups excluding carboxylic acids is 1. The molecule has 1 fully saturated rings. The molecule has 3 nitrogen and oxygen atoms in total. The molecule has 1 heterocycles. The SMILES string of the molecule is C#CCCNCCC(=O)N1CCCCC1. The van der Waals surface area contributed by atoms with Crippen molar-refractivity contribution >= 4 is 5.91 Å². The fraction of sp³-hybridized carbons (Fsp3) is 0.750. The molecule has 15 heavy (non-hydrogen) atoms. The normalized spacial score (nSPS) is 16.1. The standard InChI is InChI=1S/C12H20N2O/c1-2-3-8-13-9-7-12(15)14-10-5-4-6-11-14/h1,13H,3-11H2. The summed E-state index contributed by atoms with van der Waals surface area (Å²) in [4.78, 5) is 13.7. The van der Waals surface area contributed by atoms with Crippen molar-refractivity contribution in [1.29, 1.82) is 0 Å². The van der Waals surface area contributed by atoms with E-state index in [1.165, 1.54) is 6.42 Å². The maximum atomic E-state index is 11.7. The first kappa shape index (κ1) is 12.1. The van der Waals surface area contributed by atoms with Crippen LogP contribution in [0.1, 0.15) is 32.1 Å². The van der Waals surface area contributed by atoms with E-state index in [2.05, 4.69) is 11.2 Å². The fourth-order valence-electron chi connectivity index (χ4n) is 1.78. The van der Waals surface area contributed by atoms with Crippen molar-refractivity contribution in [2.24, 2.45) is 0 Å². The maximum absolute atomic E-state index is 11.7. The van der Waals surface area contributed by atoms with Crippen LogP contribution in [0.5, 0.6) is 0 Å². The van der Waals surface area contributed by atoms with Crippen LogP contribution in [0.15, 0.2) is 0 Å². The van der Waals surface area contributed by atoms with E-state index in [1.807, 2.05) is 4.90 Å². The van der Waals surface area contributed by atoms with Gasteiger partial charge in [-0.25, -0.2) is 0 Å². The number of nitrogens with one attached hydrogen (secondary N) is 1. The van der Waals surface area contributed by atoms with Gasteiger partial charge in [0.15, 0.2) is 0 Å². The molecule has 84 valence electrons. The van der Waals surface area contributed by atoms with Crippen LogP contribution in [0.25, 0.3) is 0 Å². The molecule has 1 aliphatic rings. The number of likely N-dealkylation sites (tertiary alicyclic amines) is 1. The number of hydrogen-bond donors (Lipinski definition) is 1. The molecular formula is C12H20N2O. The summed E-state index contributed by atoms with van der Waals surface area (Å²) in [6.45, 7) is 3.45. The molecule has 1 rings (SSSR count). The summed E-state index contributed by atoms with van der Waals surface area (Å²) in [6, 6.07) is 0. The van der Waals surface area contributed by atoms with E-state index < -0.39 is 0 Å². The van der Waals surface area contributed by atoms with Gasteiger partial charge in [0, 0.05) is 39.0 Å². The summed E-state index contributed by atoms with van der Waals surface area (Å²) in [5, 5.41) is 3.17. The first-order valence-corrected chi connectivity index (χ1v) is 5.76. The zero-order valence-corrected chi connectivity index (χ0v) is 9.30. The summed E-state index contributed by atoms with van der Waals surface area (Å²) in [5.41, 5.74) is 0. The lowest BCUT2D eigenvalue weighted by atomic mass is 10.1. The Kier molecular flexibility index (Phi) is 5.87. The van der Waals surface area contributed by atoms with E-state index in [4.69, 9.17) is 6.42 Å². The number of nitrogens with zero attached hydrogens (tertiary/aromatic N) is 1. The smallest absolute Gasteiger partial charge is 0.223 e. The summed E-state index contributed by atoms with van der Waals surface area (Å²) in [5.74, 6) is 2.84. The third-order valence-electron chi connectivity index (χ3n) is 2.67. The lowest BCUT2D eigenvalue weighted by Crippen LogP contribution is -2.37. The zero-order chi connectivity index (χ0) is 10.9. The largest absolute Gasteiger partial charge is 0.343 e. The van der Waals surface area contributed by atoms with Gasteiger partial charge in [0.25, 0.3) is 0 Å². The first-order chi connectivity index (χ1) is 7.34. The summed E-state index contributed by atoms with van der Waals surface area (Å²) in [7, 11) is 0. The van der Waals surface area contributed by atoms with Gasteiger partial charge in [-0.1, -0.05) is 0 Å². The van der Waals surface area contributed by atoms with Crippen LogP contribution in [0, 0.1) is 12.3 Å². The number of carbonyl (C=O) groups is 1. The van der Waals surface area contributed by atoms with Crippen LogP contribution in [0.4, 0.5) is 0 Å². The van der Waals surface area contributed by atoms with E-state index in [1.54, 1.807) is 0 Å². The quantitative estimate of drug-likeness (QED) is 0.540. The number of rotatable bonds is 5. The van der Waals surface area contributed by atoms with Crippen molar-refractivity contribution in [1.82, 2.24) is 10.2 Å². The van der Waals surface area contributed by atoms with Crippen LogP contribution < -0.4 is 5.32 Å². The lowest BCUT2D eigenvalue weighted by Gasteiger charge is -2.26. The molecule has 0 bridgehead atoms. The van der Waals surface area contributed by atoms with Gasteiger partial charge in [-0.3, -0.25) is 4.79 Å². The van der Waals surface area contributed by atoms with Crippen molar-refractivity contribution in [3.8, 4) is 12.3 Å². The molecule has 1 amide bonds. The molecule has 0 spiro atoms. The minimum Gasteiger partial charge on any atom is -0.343 e. The highest BCUT2D eigenvalue weighted by atomic mass is 16.2. The molecule has 0 atom stereocenters. The third kappa shape index (κ3) is 4.85. The van der Waals surface area contributed by atoms with Crippen molar-refractivity contribution in [3.63, 3.8) is 0 Å². The molecule has 3 heteroatoms. The minimum atomic E-state index is 0.280. The molecule has 1 aliphatic heterocycles. The Labute approximate surface area is 92.2 Å². The van der Waals surface area contributed by atoms with Crippen LogP contribution in [-0.2, 0) is 4.79 Å². The molecule has 0 aliphatic carbocycles.